The van der Waals surface area contributed by atoms with E-state index in [1.807, 2.05) is 25.7 Å². The monoisotopic (exact) mass is 711 g/mol. The van der Waals surface area contributed by atoms with Crippen LogP contribution in [-0.4, -0.2) is 108 Å². The molecule has 2 aromatic carbocycles. The fourth-order valence-corrected chi connectivity index (χ4v) is 9.61. The Kier molecular flexibility index (Phi) is 9.08. The number of carbonyl (C=O) groups is 2. The molecule has 2 amide bonds. The molecule has 4 fully saturated rings. The number of nitrogens with one attached hydrogen (secondary N) is 1. The van der Waals surface area contributed by atoms with Gasteiger partial charge in [0.2, 0.25) is 0 Å². The minimum atomic E-state index is -0.537. The minimum absolute atomic E-state index is 0.0701. The third-order valence-corrected chi connectivity index (χ3v) is 12.0. The van der Waals surface area contributed by atoms with Gasteiger partial charge >= 0.3 is 18.2 Å². The average Bonchev–Trinajstić information content (AvgIpc) is 3.77. The number of ether oxygens (including phenoxy) is 3. The first kappa shape index (κ1) is 34.7. The van der Waals surface area contributed by atoms with Gasteiger partial charge in [-0.25, -0.2) is 9.59 Å². The van der Waals surface area contributed by atoms with Crippen molar-refractivity contribution in [3.05, 3.63) is 53.2 Å². The van der Waals surface area contributed by atoms with Crippen LogP contribution in [0.3, 0.4) is 0 Å². The van der Waals surface area contributed by atoms with Gasteiger partial charge in [0.25, 0.3) is 0 Å². The quantitative estimate of drug-likeness (QED) is 0.322. The molecule has 8 rings (SSSR count). The molecule has 12 nitrogen and oxygen atoms in total. The van der Waals surface area contributed by atoms with E-state index < -0.39 is 11.7 Å². The van der Waals surface area contributed by atoms with Crippen LogP contribution in [0.15, 0.2) is 36.4 Å². The van der Waals surface area contributed by atoms with Crippen LogP contribution < -0.4 is 19.9 Å². The maximum Gasteiger partial charge on any atom is 0.410 e. The topological polar surface area (TPSA) is 113 Å². The fourth-order valence-electron chi connectivity index (χ4n) is 9.61. The molecule has 5 aliphatic rings. The predicted octanol–water partition coefficient (Wildman–Crippen LogP) is 5.82. The van der Waals surface area contributed by atoms with Crippen LogP contribution in [0.5, 0.6) is 6.01 Å². The van der Waals surface area contributed by atoms with Gasteiger partial charge in [0.15, 0.2) is 0 Å². The highest BCUT2D eigenvalue weighted by molar-refractivity contribution is 5.97. The Hall–Kier alpha value is -4.32. The summed E-state index contributed by atoms with van der Waals surface area (Å²) in [5.41, 5.74) is 4.01. The highest BCUT2D eigenvalue weighted by Gasteiger charge is 2.50. The van der Waals surface area contributed by atoms with Crippen LogP contribution in [0.25, 0.3) is 10.8 Å². The first-order chi connectivity index (χ1) is 25.0. The zero-order chi connectivity index (χ0) is 36.2. The summed E-state index contributed by atoms with van der Waals surface area (Å²) in [5.74, 6) is 0.943. The summed E-state index contributed by atoms with van der Waals surface area (Å²) >= 11 is 0. The third-order valence-electron chi connectivity index (χ3n) is 12.0. The Morgan fingerprint density at radius 2 is 1.75 bits per heavy atom. The largest absolute Gasteiger partial charge is 0.461 e. The van der Waals surface area contributed by atoms with Gasteiger partial charge < -0.3 is 29.3 Å². The molecule has 5 aliphatic heterocycles. The normalized spacial score (nSPS) is 25.6. The number of rotatable bonds is 7. The molecule has 278 valence electrons. The molecule has 1 aromatic heterocycles. The molecule has 0 saturated carbocycles. The van der Waals surface area contributed by atoms with Crippen molar-refractivity contribution in [3.8, 4) is 6.01 Å². The van der Waals surface area contributed by atoms with E-state index in [0.717, 1.165) is 69.5 Å². The van der Waals surface area contributed by atoms with E-state index >= 15 is 0 Å². The predicted molar refractivity (Wildman–Crippen MR) is 200 cm³/mol. The Morgan fingerprint density at radius 1 is 0.981 bits per heavy atom. The van der Waals surface area contributed by atoms with E-state index in [1.54, 1.807) is 7.05 Å². The number of amides is 2. The first-order valence-corrected chi connectivity index (χ1v) is 19.2. The van der Waals surface area contributed by atoms with Gasteiger partial charge in [-0.3, -0.25) is 9.80 Å². The molecular weight excluding hydrogens is 658 g/mol. The van der Waals surface area contributed by atoms with Crippen molar-refractivity contribution < 1.29 is 23.8 Å². The van der Waals surface area contributed by atoms with Crippen molar-refractivity contribution in [2.45, 2.75) is 108 Å². The van der Waals surface area contributed by atoms with Crippen LogP contribution in [0.4, 0.5) is 21.1 Å². The second kappa shape index (κ2) is 13.6. The summed E-state index contributed by atoms with van der Waals surface area (Å²) in [7, 11) is 1.59. The van der Waals surface area contributed by atoms with Gasteiger partial charge in [-0.15, -0.1) is 0 Å². The summed E-state index contributed by atoms with van der Waals surface area (Å²) < 4.78 is 18.0. The fraction of sp³-hybridized carbons (Fsp3) is 0.600. The Bertz CT molecular complexity index is 1830. The van der Waals surface area contributed by atoms with E-state index in [-0.39, 0.29) is 29.8 Å². The third kappa shape index (κ3) is 6.47. The second-order valence-corrected chi connectivity index (χ2v) is 16.4. The molecule has 0 radical (unpaired) electrons. The average molecular weight is 712 g/mol. The van der Waals surface area contributed by atoms with Crippen molar-refractivity contribution in [2.24, 2.45) is 0 Å². The van der Waals surface area contributed by atoms with E-state index in [9.17, 15) is 9.59 Å². The summed E-state index contributed by atoms with van der Waals surface area (Å²) in [4.78, 5) is 44.8. The number of hydrogen-bond donors (Lipinski definition) is 1. The molecule has 4 atom stereocenters. The zero-order valence-corrected chi connectivity index (χ0v) is 31.3. The number of hydrogen-bond acceptors (Lipinski definition) is 10. The molecule has 4 saturated heterocycles. The number of carbonyl (C=O) groups excluding carboxylic acids is 2. The number of anilines is 2. The minimum Gasteiger partial charge on any atom is -0.461 e. The lowest BCUT2D eigenvalue weighted by molar-refractivity contribution is 0.0122. The molecule has 0 aliphatic carbocycles. The molecule has 52 heavy (non-hydrogen) atoms. The van der Waals surface area contributed by atoms with E-state index in [0.29, 0.717) is 38.9 Å². The summed E-state index contributed by atoms with van der Waals surface area (Å²) in [6.45, 7) is 12.7. The standard InChI is InChI=1S/C40H53N7O5/c1-26-9-6-10-27-11-7-12-33(34(26)27)44-20-16-31-32(23-44)42-36(51-25-40-17-8-19-46(40)30(15-18-40)24-50-37(48)41-5)43-35(31)45-21-28-13-14-29(22-45)47(28)38(49)52-39(2,3)4/h6-7,9-12,28-30H,8,13-25H2,1-5H3,(H,41,48)/t28-,29+,30?,40?. The molecule has 0 spiro atoms. The maximum atomic E-state index is 13.3. The number of piperazine rings is 1. The number of alkyl carbamates (subject to hydrolysis) is 1. The molecule has 3 aromatic rings. The number of fused-ring (bicyclic) bond motifs is 5. The highest BCUT2D eigenvalue weighted by Crippen LogP contribution is 2.43. The number of nitrogens with zero attached hydrogens (tertiary/aromatic N) is 6. The number of aryl methyl sites for hydroxylation is 1. The lowest BCUT2D eigenvalue weighted by atomic mass is 9.95. The molecule has 2 bridgehead atoms. The van der Waals surface area contributed by atoms with Crippen LogP contribution in [-0.2, 0) is 22.4 Å². The van der Waals surface area contributed by atoms with Crippen molar-refractivity contribution in [3.63, 3.8) is 0 Å². The Morgan fingerprint density at radius 3 is 2.50 bits per heavy atom. The summed E-state index contributed by atoms with van der Waals surface area (Å²) in [6, 6.07) is 13.8. The summed E-state index contributed by atoms with van der Waals surface area (Å²) in [5, 5.41) is 5.08. The molecular formula is C40H53N7O5. The lowest BCUT2D eigenvalue weighted by Crippen LogP contribution is -2.57. The Balaban J connectivity index is 1.08. The smallest absolute Gasteiger partial charge is 0.410 e. The number of benzene rings is 2. The van der Waals surface area contributed by atoms with Crippen LogP contribution in [0.1, 0.15) is 76.1 Å². The van der Waals surface area contributed by atoms with Gasteiger partial charge in [-0.05, 0) is 96.2 Å². The first-order valence-electron chi connectivity index (χ1n) is 19.2. The lowest BCUT2D eigenvalue weighted by Gasteiger charge is -2.43. The van der Waals surface area contributed by atoms with Crippen molar-refractivity contribution in [2.75, 3.05) is 56.2 Å². The van der Waals surface area contributed by atoms with Gasteiger partial charge in [0.1, 0.15) is 24.6 Å². The van der Waals surface area contributed by atoms with Gasteiger partial charge in [-0.1, -0.05) is 30.3 Å². The second-order valence-electron chi connectivity index (χ2n) is 16.4. The SMILES string of the molecule is CNC(=O)OCC1CCC2(COc3nc4c(c(N5C[C@H]6CC[C@@H](C5)N6C(=O)OC(C)(C)C)n3)CCN(c3cccc5cccc(C)c35)C4)CCCN12. The van der Waals surface area contributed by atoms with Crippen molar-refractivity contribution >= 4 is 34.5 Å². The van der Waals surface area contributed by atoms with Gasteiger partial charge in [0, 0.05) is 49.4 Å². The van der Waals surface area contributed by atoms with E-state index in [2.05, 4.69) is 63.3 Å². The van der Waals surface area contributed by atoms with Gasteiger partial charge in [-0.2, -0.15) is 9.97 Å². The maximum absolute atomic E-state index is 13.3. The number of aromatic nitrogens is 2. The zero-order valence-electron chi connectivity index (χ0n) is 31.3. The van der Waals surface area contributed by atoms with Crippen molar-refractivity contribution in [1.82, 2.24) is 25.1 Å². The molecule has 1 N–H and O–H groups in total. The van der Waals surface area contributed by atoms with Crippen LogP contribution in [0, 0.1) is 6.92 Å². The van der Waals surface area contributed by atoms with E-state index in [4.69, 9.17) is 24.2 Å². The van der Waals surface area contributed by atoms with Crippen molar-refractivity contribution in [1.29, 1.82) is 0 Å². The van der Waals surface area contributed by atoms with Gasteiger partial charge in [0.05, 0.1) is 29.9 Å². The van der Waals surface area contributed by atoms with Crippen LogP contribution in [0.2, 0.25) is 0 Å². The highest BCUT2D eigenvalue weighted by atomic mass is 16.6. The van der Waals surface area contributed by atoms with E-state index in [1.165, 1.54) is 27.6 Å². The molecule has 6 heterocycles. The molecule has 2 unspecified atom stereocenters. The molecule has 12 heteroatoms. The summed E-state index contributed by atoms with van der Waals surface area (Å²) in [6.07, 6.45) is 6.17. The Labute approximate surface area is 306 Å². The van der Waals surface area contributed by atoms with Crippen LogP contribution >= 0.6 is 0 Å².